The minimum absolute atomic E-state index is 0.134. The Bertz CT molecular complexity index is 407. The Kier molecular flexibility index (Phi) is 8.38. The van der Waals surface area contributed by atoms with Crippen molar-refractivity contribution in [3.05, 3.63) is 29.8 Å². The molecule has 0 saturated heterocycles. The smallest absolute Gasteiger partial charge is 0.220 e. The molecular formula is C16H26N2OS. The Hall–Kier alpha value is -1.00. The van der Waals surface area contributed by atoms with E-state index in [0.717, 1.165) is 18.8 Å². The zero-order chi connectivity index (χ0) is 14.8. The summed E-state index contributed by atoms with van der Waals surface area (Å²) in [5, 5.41) is 6.27. The van der Waals surface area contributed by atoms with Crippen LogP contribution in [0.15, 0.2) is 29.2 Å². The van der Waals surface area contributed by atoms with E-state index in [4.69, 9.17) is 0 Å². The maximum absolute atomic E-state index is 11.4. The highest BCUT2D eigenvalue weighted by Gasteiger charge is 2.01. The standard InChI is InChI=1S/C16H26N2OS/c1-4-18-16(19)8-9-20-15-7-5-6-14(10-15)12-17-11-13(2)3/h5-7,10,13,17H,4,8-9,11-12H2,1-3H3,(H,18,19). The van der Waals surface area contributed by atoms with Crippen LogP contribution in [0.2, 0.25) is 0 Å². The van der Waals surface area contributed by atoms with Crippen LogP contribution in [-0.2, 0) is 11.3 Å². The molecular weight excluding hydrogens is 268 g/mol. The van der Waals surface area contributed by atoms with Crippen molar-refractivity contribution in [2.24, 2.45) is 5.92 Å². The summed E-state index contributed by atoms with van der Waals surface area (Å²) in [7, 11) is 0. The quantitative estimate of drug-likeness (QED) is 0.688. The first kappa shape index (κ1) is 17.1. The number of nitrogens with one attached hydrogen (secondary N) is 2. The second-order valence-corrected chi connectivity index (χ2v) is 6.39. The number of hydrogen-bond acceptors (Lipinski definition) is 3. The molecule has 0 saturated carbocycles. The number of hydrogen-bond donors (Lipinski definition) is 2. The van der Waals surface area contributed by atoms with Crippen molar-refractivity contribution >= 4 is 17.7 Å². The van der Waals surface area contributed by atoms with Crippen LogP contribution in [0.5, 0.6) is 0 Å². The van der Waals surface area contributed by atoms with Gasteiger partial charge in [-0.2, -0.15) is 0 Å². The first-order valence-electron chi connectivity index (χ1n) is 7.31. The van der Waals surface area contributed by atoms with Crippen LogP contribution in [0.1, 0.15) is 32.8 Å². The Morgan fingerprint density at radius 2 is 2.15 bits per heavy atom. The maximum atomic E-state index is 11.4. The second-order valence-electron chi connectivity index (χ2n) is 5.22. The van der Waals surface area contributed by atoms with Crippen LogP contribution in [0.3, 0.4) is 0 Å². The highest BCUT2D eigenvalue weighted by molar-refractivity contribution is 7.99. The summed E-state index contributed by atoms with van der Waals surface area (Å²) in [6.07, 6.45) is 0.578. The topological polar surface area (TPSA) is 41.1 Å². The monoisotopic (exact) mass is 294 g/mol. The van der Waals surface area contributed by atoms with Gasteiger partial charge in [-0.3, -0.25) is 4.79 Å². The number of carbonyl (C=O) groups is 1. The van der Waals surface area contributed by atoms with E-state index < -0.39 is 0 Å². The summed E-state index contributed by atoms with van der Waals surface area (Å²) in [5.41, 5.74) is 1.30. The van der Waals surface area contributed by atoms with Crippen molar-refractivity contribution in [1.82, 2.24) is 10.6 Å². The third kappa shape index (κ3) is 7.56. The summed E-state index contributed by atoms with van der Waals surface area (Å²) in [4.78, 5) is 12.6. The van der Waals surface area contributed by atoms with Crippen molar-refractivity contribution in [3.63, 3.8) is 0 Å². The van der Waals surface area contributed by atoms with Gasteiger partial charge in [0.25, 0.3) is 0 Å². The van der Waals surface area contributed by atoms with Crippen LogP contribution >= 0.6 is 11.8 Å². The fraction of sp³-hybridized carbons (Fsp3) is 0.562. The van der Waals surface area contributed by atoms with E-state index in [0.29, 0.717) is 18.9 Å². The van der Waals surface area contributed by atoms with Crippen LogP contribution < -0.4 is 10.6 Å². The molecule has 0 spiro atoms. The molecule has 0 bridgehead atoms. The van der Waals surface area contributed by atoms with Gasteiger partial charge in [-0.05, 0) is 37.1 Å². The average Bonchev–Trinajstić information content (AvgIpc) is 2.39. The van der Waals surface area contributed by atoms with Gasteiger partial charge in [-0.25, -0.2) is 0 Å². The van der Waals surface area contributed by atoms with Gasteiger partial charge in [0.15, 0.2) is 0 Å². The molecule has 0 aromatic heterocycles. The molecule has 0 aliphatic carbocycles. The first-order valence-corrected chi connectivity index (χ1v) is 8.29. The third-order valence-electron chi connectivity index (χ3n) is 2.75. The fourth-order valence-electron chi connectivity index (χ4n) is 1.80. The Balaban J connectivity index is 2.34. The fourth-order valence-corrected chi connectivity index (χ4v) is 2.73. The Morgan fingerprint density at radius 1 is 1.35 bits per heavy atom. The Labute approximate surface area is 126 Å². The minimum Gasteiger partial charge on any atom is -0.356 e. The van der Waals surface area contributed by atoms with Crippen LogP contribution in [0, 0.1) is 5.92 Å². The first-order chi connectivity index (χ1) is 9.61. The highest BCUT2D eigenvalue weighted by Crippen LogP contribution is 2.19. The van der Waals surface area contributed by atoms with E-state index in [1.165, 1.54) is 10.5 Å². The molecule has 0 unspecified atom stereocenters. The van der Waals surface area contributed by atoms with Gasteiger partial charge in [0.1, 0.15) is 0 Å². The van der Waals surface area contributed by atoms with E-state index in [9.17, 15) is 4.79 Å². The lowest BCUT2D eigenvalue weighted by molar-refractivity contribution is -0.120. The predicted octanol–water partition coefficient (Wildman–Crippen LogP) is 3.05. The van der Waals surface area contributed by atoms with Gasteiger partial charge < -0.3 is 10.6 Å². The number of rotatable bonds is 9. The largest absolute Gasteiger partial charge is 0.356 e. The zero-order valence-electron chi connectivity index (χ0n) is 12.7. The molecule has 2 N–H and O–H groups in total. The van der Waals surface area contributed by atoms with Crippen molar-refractivity contribution in [1.29, 1.82) is 0 Å². The van der Waals surface area contributed by atoms with Crippen molar-refractivity contribution < 1.29 is 4.79 Å². The molecule has 0 aliphatic rings. The molecule has 1 aromatic carbocycles. The molecule has 0 radical (unpaired) electrons. The van der Waals surface area contributed by atoms with E-state index in [2.05, 4.69) is 48.7 Å². The predicted molar refractivity (Wildman–Crippen MR) is 87.0 cm³/mol. The lowest BCUT2D eigenvalue weighted by Crippen LogP contribution is -2.22. The summed E-state index contributed by atoms with van der Waals surface area (Å²) in [5.74, 6) is 1.63. The average molecular weight is 294 g/mol. The molecule has 20 heavy (non-hydrogen) atoms. The lowest BCUT2D eigenvalue weighted by Gasteiger charge is -2.09. The van der Waals surface area contributed by atoms with Crippen molar-refractivity contribution in [2.75, 3.05) is 18.8 Å². The van der Waals surface area contributed by atoms with E-state index in [1.54, 1.807) is 11.8 Å². The molecule has 0 fully saturated rings. The Morgan fingerprint density at radius 3 is 2.85 bits per heavy atom. The molecule has 112 valence electrons. The van der Waals surface area contributed by atoms with Crippen molar-refractivity contribution in [2.45, 2.75) is 38.6 Å². The SMILES string of the molecule is CCNC(=O)CCSc1cccc(CNCC(C)C)c1. The van der Waals surface area contributed by atoms with E-state index in [1.807, 2.05) is 6.92 Å². The molecule has 3 nitrogen and oxygen atoms in total. The molecule has 1 aromatic rings. The summed E-state index contributed by atoms with van der Waals surface area (Å²) < 4.78 is 0. The minimum atomic E-state index is 0.134. The molecule has 0 aliphatic heterocycles. The highest BCUT2D eigenvalue weighted by atomic mass is 32.2. The normalized spacial score (nSPS) is 10.8. The van der Waals surface area contributed by atoms with Gasteiger partial charge in [-0.15, -0.1) is 11.8 Å². The van der Waals surface area contributed by atoms with Gasteiger partial charge in [0.2, 0.25) is 5.91 Å². The van der Waals surface area contributed by atoms with Gasteiger partial charge in [0.05, 0.1) is 0 Å². The summed E-state index contributed by atoms with van der Waals surface area (Å²) in [6.45, 7) is 9.01. The third-order valence-corrected chi connectivity index (χ3v) is 3.75. The second kappa shape index (κ2) is 9.83. The lowest BCUT2D eigenvalue weighted by atomic mass is 10.2. The number of amides is 1. The van der Waals surface area contributed by atoms with Gasteiger partial charge >= 0.3 is 0 Å². The number of carbonyl (C=O) groups excluding carboxylic acids is 1. The van der Waals surface area contributed by atoms with Crippen LogP contribution in [0.25, 0.3) is 0 Å². The van der Waals surface area contributed by atoms with Gasteiger partial charge in [-0.1, -0.05) is 26.0 Å². The van der Waals surface area contributed by atoms with E-state index >= 15 is 0 Å². The maximum Gasteiger partial charge on any atom is 0.220 e. The molecule has 1 amide bonds. The van der Waals surface area contributed by atoms with E-state index in [-0.39, 0.29) is 5.91 Å². The van der Waals surface area contributed by atoms with Gasteiger partial charge in [0, 0.05) is 30.2 Å². The van der Waals surface area contributed by atoms with Crippen LogP contribution in [0.4, 0.5) is 0 Å². The summed E-state index contributed by atoms with van der Waals surface area (Å²) >= 11 is 1.74. The molecule has 1 rings (SSSR count). The van der Waals surface area contributed by atoms with Crippen LogP contribution in [-0.4, -0.2) is 24.7 Å². The molecule has 0 atom stereocenters. The molecule has 0 heterocycles. The zero-order valence-corrected chi connectivity index (χ0v) is 13.6. The van der Waals surface area contributed by atoms with Crippen molar-refractivity contribution in [3.8, 4) is 0 Å². The number of benzene rings is 1. The molecule has 4 heteroatoms. The number of thioether (sulfide) groups is 1. The summed E-state index contributed by atoms with van der Waals surface area (Å²) in [6, 6.07) is 8.53.